The smallest absolute Gasteiger partial charge is 0.131 e. The van der Waals surface area contributed by atoms with E-state index in [-0.39, 0.29) is 11.9 Å². The Hall–Kier alpha value is -1.91. The number of hydrogen-bond acceptors (Lipinski definition) is 3. The predicted molar refractivity (Wildman–Crippen MR) is 85.5 cm³/mol. The normalized spacial score (nSPS) is 13.7. The second-order valence-corrected chi connectivity index (χ2v) is 5.36. The maximum absolute atomic E-state index is 14.0. The topological polar surface area (TPSA) is 41.5 Å². The van der Waals surface area contributed by atoms with Crippen LogP contribution in [0, 0.1) is 12.7 Å². The fourth-order valence-electron chi connectivity index (χ4n) is 2.58. The summed E-state index contributed by atoms with van der Waals surface area (Å²) in [5, 5.41) is 13.5. The van der Waals surface area contributed by atoms with Crippen molar-refractivity contribution in [2.45, 2.75) is 26.0 Å². The van der Waals surface area contributed by atoms with Crippen LogP contribution in [0.25, 0.3) is 0 Å². The molecule has 0 saturated heterocycles. The van der Waals surface area contributed by atoms with E-state index >= 15 is 0 Å². The number of aryl methyl sites for hydroxylation is 1. The fraction of sp³-hybridized carbons (Fsp3) is 0.333. The number of aliphatic hydroxyl groups is 1. The Bertz CT molecular complexity index is 630. The molecule has 2 atom stereocenters. The molecule has 0 radical (unpaired) electrons. The molecule has 22 heavy (non-hydrogen) atoms. The molecule has 0 heterocycles. The largest absolute Gasteiger partial charge is 0.496 e. The van der Waals surface area contributed by atoms with E-state index in [2.05, 4.69) is 5.32 Å². The van der Waals surface area contributed by atoms with Gasteiger partial charge in [-0.3, -0.25) is 0 Å². The molecule has 2 rings (SSSR count). The summed E-state index contributed by atoms with van der Waals surface area (Å²) in [7, 11) is 1.52. The minimum Gasteiger partial charge on any atom is -0.496 e. The molecule has 0 aliphatic carbocycles. The van der Waals surface area contributed by atoms with Crippen LogP contribution in [-0.4, -0.2) is 18.8 Å². The summed E-state index contributed by atoms with van der Waals surface area (Å²) >= 11 is 0. The summed E-state index contributed by atoms with van der Waals surface area (Å²) in [6.07, 6.45) is -0.638. The molecule has 2 aromatic carbocycles. The van der Waals surface area contributed by atoms with Gasteiger partial charge in [-0.05, 0) is 37.1 Å². The number of benzene rings is 2. The van der Waals surface area contributed by atoms with E-state index in [1.54, 1.807) is 12.1 Å². The Morgan fingerprint density at radius 2 is 1.91 bits per heavy atom. The first kappa shape index (κ1) is 16.5. The highest BCUT2D eigenvalue weighted by Gasteiger charge is 2.18. The summed E-state index contributed by atoms with van der Waals surface area (Å²) in [5.41, 5.74) is 2.39. The Labute approximate surface area is 130 Å². The second-order valence-electron chi connectivity index (χ2n) is 5.36. The molecule has 0 spiro atoms. The lowest BCUT2D eigenvalue weighted by atomic mass is 10.0. The van der Waals surface area contributed by atoms with Crippen LogP contribution in [0.5, 0.6) is 5.75 Å². The van der Waals surface area contributed by atoms with Crippen molar-refractivity contribution in [2.75, 3.05) is 13.7 Å². The van der Waals surface area contributed by atoms with E-state index < -0.39 is 6.10 Å². The number of methoxy groups -OCH3 is 1. The van der Waals surface area contributed by atoms with Crippen molar-refractivity contribution < 1.29 is 14.2 Å². The van der Waals surface area contributed by atoms with Crippen LogP contribution < -0.4 is 10.1 Å². The van der Waals surface area contributed by atoms with Gasteiger partial charge in [0.1, 0.15) is 11.6 Å². The molecule has 0 aliphatic heterocycles. The van der Waals surface area contributed by atoms with Crippen LogP contribution in [0.15, 0.2) is 42.5 Å². The molecule has 0 saturated carbocycles. The van der Waals surface area contributed by atoms with Crippen molar-refractivity contribution in [3.63, 3.8) is 0 Å². The molecular formula is C18H22FNO2. The Kier molecular flexibility index (Phi) is 5.52. The van der Waals surface area contributed by atoms with Crippen molar-refractivity contribution in [3.05, 3.63) is 65.0 Å². The van der Waals surface area contributed by atoms with E-state index in [0.29, 0.717) is 17.9 Å². The minimum absolute atomic E-state index is 0.269. The highest BCUT2D eigenvalue weighted by molar-refractivity contribution is 5.37. The van der Waals surface area contributed by atoms with Gasteiger partial charge in [0.05, 0.1) is 13.2 Å². The summed E-state index contributed by atoms with van der Waals surface area (Å²) in [6, 6.07) is 12.2. The van der Waals surface area contributed by atoms with Crippen LogP contribution in [0.3, 0.4) is 0 Å². The molecule has 3 nitrogen and oxygen atoms in total. The maximum atomic E-state index is 14.0. The summed E-state index contributed by atoms with van der Waals surface area (Å²) in [6.45, 7) is 4.15. The zero-order valence-electron chi connectivity index (χ0n) is 13.1. The van der Waals surface area contributed by atoms with Crippen molar-refractivity contribution in [1.29, 1.82) is 0 Å². The zero-order valence-corrected chi connectivity index (χ0v) is 13.1. The van der Waals surface area contributed by atoms with E-state index in [9.17, 15) is 9.50 Å². The molecule has 4 heteroatoms. The Morgan fingerprint density at radius 3 is 2.59 bits per heavy atom. The van der Waals surface area contributed by atoms with Crippen molar-refractivity contribution in [2.24, 2.45) is 0 Å². The molecule has 0 aromatic heterocycles. The molecule has 118 valence electrons. The minimum atomic E-state index is -0.638. The third-order valence-corrected chi connectivity index (χ3v) is 3.83. The molecule has 2 unspecified atom stereocenters. The average molecular weight is 303 g/mol. The molecule has 2 aromatic rings. The van der Waals surface area contributed by atoms with Gasteiger partial charge in [0, 0.05) is 18.2 Å². The highest BCUT2D eigenvalue weighted by Crippen LogP contribution is 2.28. The Balaban J connectivity index is 2.07. The van der Waals surface area contributed by atoms with Crippen LogP contribution in [-0.2, 0) is 0 Å². The number of ether oxygens (including phenoxy) is 1. The lowest BCUT2D eigenvalue weighted by Gasteiger charge is -2.21. The monoisotopic (exact) mass is 303 g/mol. The molecule has 2 N–H and O–H groups in total. The van der Waals surface area contributed by atoms with Gasteiger partial charge in [-0.15, -0.1) is 0 Å². The summed E-state index contributed by atoms with van der Waals surface area (Å²) in [5.74, 6) is 0.190. The van der Waals surface area contributed by atoms with Crippen molar-refractivity contribution in [1.82, 2.24) is 5.32 Å². The lowest BCUT2D eigenvalue weighted by molar-refractivity contribution is 0.169. The first-order valence-electron chi connectivity index (χ1n) is 7.34. The molecule has 0 amide bonds. The lowest BCUT2D eigenvalue weighted by Crippen LogP contribution is -2.26. The second kappa shape index (κ2) is 7.38. The quantitative estimate of drug-likeness (QED) is 0.858. The van der Waals surface area contributed by atoms with Gasteiger partial charge in [-0.25, -0.2) is 4.39 Å². The van der Waals surface area contributed by atoms with Gasteiger partial charge in [0.25, 0.3) is 0 Å². The van der Waals surface area contributed by atoms with E-state index in [0.717, 1.165) is 11.1 Å². The highest BCUT2D eigenvalue weighted by atomic mass is 19.1. The van der Waals surface area contributed by atoms with Crippen LogP contribution >= 0.6 is 0 Å². The van der Waals surface area contributed by atoms with Gasteiger partial charge in [0.2, 0.25) is 0 Å². The number of halogens is 1. The molecular weight excluding hydrogens is 281 g/mol. The standard InChI is InChI=1S/C18H22FNO2/c1-12-7-4-5-8-14(12)16(21)11-20-13(2)18-15(19)9-6-10-17(18)22-3/h4-10,13,16,20-21H,11H2,1-3H3. The van der Waals surface area contributed by atoms with E-state index in [4.69, 9.17) is 4.74 Å². The van der Waals surface area contributed by atoms with Crippen LogP contribution in [0.4, 0.5) is 4.39 Å². The zero-order chi connectivity index (χ0) is 16.1. The van der Waals surface area contributed by atoms with Gasteiger partial charge >= 0.3 is 0 Å². The number of nitrogens with one attached hydrogen (secondary N) is 1. The predicted octanol–water partition coefficient (Wildman–Crippen LogP) is 3.53. The summed E-state index contributed by atoms with van der Waals surface area (Å²) in [4.78, 5) is 0. The van der Waals surface area contributed by atoms with Crippen molar-refractivity contribution in [3.8, 4) is 5.75 Å². The number of hydrogen-bond donors (Lipinski definition) is 2. The maximum Gasteiger partial charge on any atom is 0.131 e. The first-order chi connectivity index (χ1) is 10.5. The third kappa shape index (κ3) is 3.64. The third-order valence-electron chi connectivity index (χ3n) is 3.83. The van der Waals surface area contributed by atoms with Gasteiger partial charge in [0.15, 0.2) is 0 Å². The van der Waals surface area contributed by atoms with E-state index in [1.165, 1.54) is 13.2 Å². The van der Waals surface area contributed by atoms with E-state index in [1.807, 2.05) is 38.1 Å². The molecule has 0 aliphatic rings. The molecule has 0 bridgehead atoms. The van der Waals surface area contributed by atoms with Gasteiger partial charge in [-0.1, -0.05) is 30.3 Å². The first-order valence-corrected chi connectivity index (χ1v) is 7.34. The average Bonchev–Trinajstić information content (AvgIpc) is 2.52. The Morgan fingerprint density at radius 1 is 1.18 bits per heavy atom. The summed E-state index contributed by atoms with van der Waals surface area (Å²) < 4.78 is 19.2. The SMILES string of the molecule is COc1cccc(F)c1C(C)NCC(O)c1ccccc1C. The van der Waals surface area contributed by atoms with Crippen LogP contribution in [0.1, 0.15) is 35.8 Å². The number of aliphatic hydroxyl groups excluding tert-OH is 1. The number of rotatable bonds is 6. The van der Waals surface area contributed by atoms with Gasteiger partial charge in [-0.2, -0.15) is 0 Å². The fourth-order valence-corrected chi connectivity index (χ4v) is 2.58. The van der Waals surface area contributed by atoms with Gasteiger partial charge < -0.3 is 15.2 Å². The van der Waals surface area contributed by atoms with Crippen molar-refractivity contribution >= 4 is 0 Å². The molecule has 0 fully saturated rings. The van der Waals surface area contributed by atoms with Crippen LogP contribution in [0.2, 0.25) is 0 Å².